The molecule has 0 fully saturated rings. The van der Waals surface area contributed by atoms with Gasteiger partial charge in [0.1, 0.15) is 0 Å². The van der Waals surface area contributed by atoms with E-state index >= 15 is 0 Å². The van der Waals surface area contributed by atoms with Gasteiger partial charge in [0.05, 0.1) is 0 Å². The number of hydrogen-bond donors (Lipinski definition) is 6. The summed E-state index contributed by atoms with van der Waals surface area (Å²) in [4.78, 5) is 21.6. The van der Waals surface area contributed by atoms with Crippen LogP contribution in [-0.2, 0) is 4.57 Å². The summed E-state index contributed by atoms with van der Waals surface area (Å²) in [5, 5.41) is 0. The van der Waals surface area contributed by atoms with E-state index in [2.05, 4.69) is 0 Å². The molecule has 0 rings (SSSR count). The van der Waals surface area contributed by atoms with Gasteiger partial charge in [-0.15, -0.1) is 0 Å². The summed E-state index contributed by atoms with van der Waals surface area (Å²) in [6.45, 7) is 0. The Bertz CT molecular complexity index is 629. The lowest BCUT2D eigenvalue weighted by molar-refractivity contribution is -0.468. The van der Waals surface area contributed by atoms with Crippen LogP contribution in [0.4, 0.5) is 79.0 Å². The summed E-state index contributed by atoms with van der Waals surface area (Å²) < 4.78 is 230. The molecule has 0 spiro atoms. The first kappa shape index (κ1) is 42.9. The fourth-order valence-corrected chi connectivity index (χ4v) is 1.14. The third kappa shape index (κ3) is 7.13. The molecule has 12 N–H and O–H groups in total. The van der Waals surface area contributed by atoms with Crippen LogP contribution >= 0.6 is 7.82 Å². The lowest BCUT2D eigenvalue weighted by Gasteiger charge is -2.41. The number of halogens is 18. The molecule has 0 aliphatic carbocycles. The summed E-state index contributed by atoms with van der Waals surface area (Å²) >= 11 is 0. The number of phosphoric acid groups is 1. The maximum Gasteiger partial charge on any atom is 0.466 e. The SMILES string of the molecule is FC(F)(F)C(F)(F)C(F)(F)C(F)(F)C(F)(F)C(F)(F)C(F)(F)C(F)(F)F.N.N.N.O=P(O)(O)O. The molecule has 7 nitrogen and oxygen atoms in total. The Labute approximate surface area is 174 Å². The smallest absolute Gasteiger partial charge is 0.344 e. The highest BCUT2D eigenvalue weighted by Crippen LogP contribution is 2.63. The molecule has 0 aromatic carbocycles. The van der Waals surface area contributed by atoms with E-state index in [9.17, 15) is 79.0 Å². The minimum atomic E-state index is -8.72. The van der Waals surface area contributed by atoms with E-state index in [0.717, 1.165) is 0 Å². The Morgan fingerprint density at radius 2 is 0.441 bits per heavy atom. The van der Waals surface area contributed by atoms with Crippen LogP contribution in [-0.4, -0.2) is 62.6 Å². The Morgan fingerprint density at radius 3 is 0.529 bits per heavy atom. The van der Waals surface area contributed by atoms with Crippen LogP contribution in [0.25, 0.3) is 0 Å². The fourth-order valence-electron chi connectivity index (χ4n) is 1.14. The molecule has 0 saturated carbocycles. The number of alkyl halides is 18. The third-order valence-corrected chi connectivity index (χ3v) is 2.68. The van der Waals surface area contributed by atoms with E-state index < -0.39 is 55.7 Å². The first-order valence-electron chi connectivity index (χ1n) is 5.93. The monoisotopic (exact) mass is 587 g/mol. The van der Waals surface area contributed by atoms with Gasteiger partial charge in [0.2, 0.25) is 0 Å². The van der Waals surface area contributed by atoms with E-state index in [-0.39, 0.29) is 18.5 Å². The summed E-state index contributed by atoms with van der Waals surface area (Å²) in [6.07, 6.45) is -15.6. The molecule has 214 valence electrons. The lowest BCUT2D eigenvalue weighted by Crippen LogP contribution is -2.74. The molecule has 0 aliphatic heterocycles. The zero-order valence-corrected chi connectivity index (χ0v) is 16.0. The highest BCUT2D eigenvalue weighted by molar-refractivity contribution is 7.45. The van der Waals surface area contributed by atoms with Crippen molar-refractivity contribution in [2.24, 2.45) is 0 Å². The van der Waals surface area contributed by atoms with Crippen LogP contribution in [0.5, 0.6) is 0 Å². The molecule has 0 radical (unpaired) electrons. The van der Waals surface area contributed by atoms with Crippen LogP contribution < -0.4 is 18.5 Å². The molecule has 0 aromatic rings. The van der Waals surface area contributed by atoms with Crippen molar-refractivity contribution in [3.8, 4) is 0 Å². The van der Waals surface area contributed by atoms with Crippen molar-refractivity contribution in [1.82, 2.24) is 18.5 Å². The van der Waals surface area contributed by atoms with Gasteiger partial charge < -0.3 is 33.1 Å². The van der Waals surface area contributed by atoms with Gasteiger partial charge in [-0.2, -0.15) is 79.0 Å². The van der Waals surface area contributed by atoms with E-state index in [1.807, 2.05) is 0 Å². The number of hydrogen-bond acceptors (Lipinski definition) is 4. The molecule has 0 amide bonds. The van der Waals surface area contributed by atoms with Crippen LogP contribution in [0.1, 0.15) is 0 Å². The Balaban J connectivity index is -0.000000315. The molecule has 0 unspecified atom stereocenters. The van der Waals surface area contributed by atoms with Crippen LogP contribution in [0.3, 0.4) is 0 Å². The van der Waals surface area contributed by atoms with Crippen molar-refractivity contribution in [2.45, 2.75) is 47.9 Å². The second-order valence-electron chi connectivity index (χ2n) is 4.96. The zero-order chi connectivity index (χ0) is 26.5. The molecule has 0 aromatic heterocycles. The van der Waals surface area contributed by atoms with Crippen molar-refractivity contribution < 1.29 is 98.3 Å². The van der Waals surface area contributed by atoms with Gasteiger partial charge in [-0.3, -0.25) is 0 Å². The molecule has 26 heteroatoms. The highest BCUT2D eigenvalue weighted by Gasteiger charge is 2.95. The largest absolute Gasteiger partial charge is 0.466 e. The van der Waals surface area contributed by atoms with Gasteiger partial charge in [0, 0.05) is 0 Å². The normalized spacial score (nSPS) is 14.6. The molecular weight excluding hydrogens is 575 g/mol. The van der Waals surface area contributed by atoms with E-state index in [1.54, 1.807) is 0 Å². The molecule has 0 saturated heterocycles. The first-order valence-corrected chi connectivity index (χ1v) is 7.50. The van der Waals surface area contributed by atoms with Crippen molar-refractivity contribution in [3.63, 3.8) is 0 Å². The molecular formula is C8H12F18N3O4P. The molecule has 0 atom stereocenters. The lowest BCUT2D eigenvalue weighted by atomic mass is 9.91. The maximum atomic E-state index is 12.8. The molecule has 0 bridgehead atoms. The van der Waals surface area contributed by atoms with Gasteiger partial charge in [-0.25, -0.2) is 4.57 Å². The topological polar surface area (TPSA) is 183 Å². The van der Waals surface area contributed by atoms with Crippen molar-refractivity contribution in [3.05, 3.63) is 0 Å². The highest BCUT2D eigenvalue weighted by atomic mass is 31.2. The summed E-state index contributed by atoms with van der Waals surface area (Å²) in [5.41, 5.74) is 0. The van der Waals surface area contributed by atoms with E-state index in [0.29, 0.717) is 0 Å². The predicted octanol–water partition coefficient (Wildman–Crippen LogP) is 5.48. The second-order valence-corrected chi connectivity index (χ2v) is 5.98. The second kappa shape index (κ2) is 10.8. The van der Waals surface area contributed by atoms with Crippen LogP contribution in [0, 0.1) is 0 Å². The van der Waals surface area contributed by atoms with Gasteiger partial charge in [-0.05, 0) is 0 Å². The Hall–Kier alpha value is -1.27. The average Bonchev–Trinajstić information content (AvgIpc) is 2.41. The molecule has 0 aliphatic rings. The van der Waals surface area contributed by atoms with Crippen molar-refractivity contribution >= 4 is 7.82 Å². The van der Waals surface area contributed by atoms with Crippen LogP contribution in [0.15, 0.2) is 0 Å². The quantitative estimate of drug-likeness (QED) is 0.182. The van der Waals surface area contributed by atoms with Crippen molar-refractivity contribution in [1.29, 1.82) is 0 Å². The number of rotatable bonds is 5. The van der Waals surface area contributed by atoms with Gasteiger partial charge in [-0.1, -0.05) is 0 Å². The Kier molecular flexibility index (Phi) is 13.6. The van der Waals surface area contributed by atoms with Gasteiger partial charge >= 0.3 is 55.7 Å². The molecule has 0 heterocycles. The third-order valence-electron chi connectivity index (χ3n) is 2.68. The summed E-state index contributed by atoms with van der Waals surface area (Å²) in [5.74, 6) is -51.0. The Morgan fingerprint density at radius 1 is 0.353 bits per heavy atom. The van der Waals surface area contributed by atoms with Crippen molar-refractivity contribution in [2.75, 3.05) is 0 Å². The molecule has 34 heavy (non-hydrogen) atoms. The summed E-state index contributed by atoms with van der Waals surface area (Å²) in [6, 6.07) is 0. The van der Waals surface area contributed by atoms with E-state index in [1.165, 1.54) is 0 Å². The standard InChI is InChI=1S/C8F18.3H3N.H3O4P/c9-1(10,3(13,14)5(17,18)7(21,22)23)2(11,12)4(15,16)6(19,20)8(24,25)26;;;;1-5(2,3)4/h;3*1H3;(H3,1,2,3,4). The first-order chi connectivity index (χ1) is 12.8. The zero-order valence-electron chi connectivity index (χ0n) is 15.1. The minimum Gasteiger partial charge on any atom is -0.344 e. The maximum absolute atomic E-state index is 12.8. The van der Waals surface area contributed by atoms with Gasteiger partial charge in [0.25, 0.3) is 0 Å². The fraction of sp³-hybridized carbons (Fsp3) is 1.00. The summed E-state index contributed by atoms with van der Waals surface area (Å²) in [7, 11) is -4.64. The predicted molar refractivity (Wildman–Crippen MR) is 71.1 cm³/mol. The minimum absolute atomic E-state index is 0. The van der Waals surface area contributed by atoms with Crippen LogP contribution in [0.2, 0.25) is 0 Å². The average molecular weight is 587 g/mol. The van der Waals surface area contributed by atoms with E-state index in [4.69, 9.17) is 19.2 Å². The van der Waals surface area contributed by atoms with Gasteiger partial charge in [0.15, 0.2) is 0 Å².